The third kappa shape index (κ3) is 2.41. The smallest absolute Gasteiger partial charge is 0.311 e. The van der Waals surface area contributed by atoms with Crippen LogP contribution in [-0.2, 0) is 9.59 Å². The van der Waals surface area contributed by atoms with Crippen molar-refractivity contribution in [1.29, 1.82) is 0 Å². The SMILES string of the molecule is CSC(C(=O)N1C[C@@H]2CCC[C@@]2(C(=O)O)C1)c1ccccc1. The monoisotopic (exact) mass is 319 g/mol. The van der Waals surface area contributed by atoms with Gasteiger partial charge in [0.1, 0.15) is 5.25 Å². The second kappa shape index (κ2) is 5.95. The van der Waals surface area contributed by atoms with Crippen molar-refractivity contribution < 1.29 is 14.7 Å². The molecule has 1 saturated heterocycles. The van der Waals surface area contributed by atoms with Crippen LogP contribution in [0.25, 0.3) is 0 Å². The Labute approximate surface area is 134 Å². The van der Waals surface area contributed by atoms with Gasteiger partial charge in [-0.25, -0.2) is 0 Å². The Morgan fingerprint density at radius 2 is 2.09 bits per heavy atom. The Bertz CT molecular complexity index is 577. The molecule has 0 bridgehead atoms. The first-order chi connectivity index (χ1) is 10.6. The highest BCUT2D eigenvalue weighted by Crippen LogP contribution is 2.49. The Morgan fingerprint density at radius 3 is 2.68 bits per heavy atom. The lowest BCUT2D eigenvalue weighted by Crippen LogP contribution is -2.38. The molecule has 1 aliphatic carbocycles. The van der Waals surface area contributed by atoms with Gasteiger partial charge in [-0.05, 0) is 30.6 Å². The van der Waals surface area contributed by atoms with Gasteiger partial charge in [-0.3, -0.25) is 9.59 Å². The van der Waals surface area contributed by atoms with Crippen molar-refractivity contribution in [3.05, 3.63) is 35.9 Å². The average Bonchev–Trinajstić information content (AvgIpc) is 3.07. The van der Waals surface area contributed by atoms with Crippen LogP contribution in [0.15, 0.2) is 30.3 Å². The molecule has 3 rings (SSSR count). The van der Waals surface area contributed by atoms with E-state index in [0.717, 1.165) is 18.4 Å². The van der Waals surface area contributed by atoms with Gasteiger partial charge in [0.2, 0.25) is 5.91 Å². The van der Waals surface area contributed by atoms with E-state index in [1.54, 1.807) is 4.90 Å². The summed E-state index contributed by atoms with van der Waals surface area (Å²) in [6.45, 7) is 0.963. The molecule has 1 aromatic rings. The first-order valence-corrected chi connectivity index (χ1v) is 8.97. The maximum atomic E-state index is 12.9. The van der Waals surface area contributed by atoms with E-state index in [1.807, 2.05) is 36.6 Å². The highest BCUT2D eigenvalue weighted by Gasteiger charge is 2.56. The quantitative estimate of drug-likeness (QED) is 0.927. The zero-order valence-corrected chi connectivity index (χ0v) is 13.5. The van der Waals surface area contributed by atoms with Crippen molar-refractivity contribution in [2.75, 3.05) is 19.3 Å². The van der Waals surface area contributed by atoms with Crippen LogP contribution in [0.2, 0.25) is 0 Å². The van der Waals surface area contributed by atoms with Gasteiger partial charge in [-0.2, -0.15) is 0 Å². The van der Waals surface area contributed by atoms with Crippen LogP contribution in [0.5, 0.6) is 0 Å². The summed E-state index contributed by atoms with van der Waals surface area (Å²) in [7, 11) is 0. The summed E-state index contributed by atoms with van der Waals surface area (Å²) < 4.78 is 0. The number of carboxylic acids is 1. The number of carbonyl (C=O) groups is 2. The van der Waals surface area contributed by atoms with Crippen molar-refractivity contribution in [3.63, 3.8) is 0 Å². The van der Waals surface area contributed by atoms with Crippen molar-refractivity contribution in [2.24, 2.45) is 11.3 Å². The number of nitrogens with zero attached hydrogens (tertiary/aromatic N) is 1. The fourth-order valence-electron chi connectivity index (χ4n) is 3.98. The first-order valence-electron chi connectivity index (χ1n) is 7.68. The minimum Gasteiger partial charge on any atom is -0.481 e. The molecule has 4 nitrogen and oxygen atoms in total. The van der Waals surface area contributed by atoms with E-state index in [2.05, 4.69) is 0 Å². The number of fused-ring (bicyclic) bond motifs is 1. The van der Waals surface area contributed by atoms with Gasteiger partial charge in [0.05, 0.1) is 5.41 Å². The molecule has 0 aromatic heterocycles. The number of thioether (sulfide) groups is 1. The number of carbonyl (C=O) groups excluding carboxylic acids is 1. The molecule has 1 aromatic carbocycles. The van der Waals surface area contributed by atoms with Crippen LogP contribution in [0.1, 0.15) is 30.1 Å². The van der Waals surface area contributed by atoms with E-state index in [-0.39, 0.29) is 17.1 Å². The van der Waals surface area contributed by atoms with E-state index in [9.17, 15) is 14.7 Å². The number of amides is 1. The van der Waals surface area contributed by atoms with Gasteiger partial charge in [0, 0.05) is 13.1 Å². The van der Waals surface area contributed by atoms with Crippen LogP contribution >= 0.6 is 11.8 Å². The summed E-state index contributed by atoms with van der Waals surface area (Å²) in [6, 6.07) is 9.73. The largest absolute Gasteiger partial charge is 0.481 e. The number of rotatable bonds is 4. The van der Waals surface area contributed by atoms with Crippen molar-refractivity contribution in [1.82, 2.24) is 4.90 Å². The lowest BCUT2D eigenvalue weighted by molar-refractivity contribution is -0.149. The minimum atomic E-state index is -0.731. The van der Waals surface area contributed by atoms with E-state index in [1.165, 1.54) is 11.8 Å². The molecule has 1 saturated carbocycles. The molecule has 0 spiro atoms. The number of carboxylic acid groups (broad SMARTS) is 1. The number of hydrogen-bond donors (Lipinski definition) is 1. The molecular weight excluding hydrogens is 298 g/mol. The van der Waals surface area contributed by atoms with Gasteiger partial charge in [0.25, 0.3) is 0 Å². The second-order valence-corrected chi connectivity index (χ2v) is 7.24. The summed E-state index contributed by atoms with van der Waals surface area (Å²) in [6.07, 6.45) is 4.51. The lowest BCUT2D eigenvalue weighted by atomic mass is 9.81. The summed E-state index contributed by atoms with van der Waals surface area (Å²) in [5.74, 6) is -0.563. The van der Waals surface area contributed by atoms with Gasteiger partial charge in [0.15, 0.2) is 0 Å². The van der Waals surface area contributed by atoms with Crippen molar-refractivity contribution in [2.45, 2.75) is 24.5 Å². The Hall–Kier alpha value is -1.49. The van der Waals surface area contributed by atoms with Crippen LogP contribution in [0.4, 0.5) is 0 Å². The molecule has 2 aliphatic rings. The Balaban J connectivity index is 1.80. The highest BCUT2D eigenvalue weighted by molar-refractivity contribution is 7.99. The maximum Gasteiger partial charge on any atom is 0.311 e. The number of hydrogen-bond acceptors (Lipinski definition) is 3. The molecule has 1 unspecified atom stereocenters. The fraction of sp³-hybridized carbons (Fsp3) is 0.529. The van der Waals surface area contributed by atoms with E-state index >= 15 is 0 Å². The zero-order valence-electron chi connectivity index (χ0n) is 12.7. The Kier molecular flexibility index (Phi) is 4.17. The van der Waals surface area contributed by atoms with Crippen LogP contribution in [0, 0.1) is 11.3 Å². The maximum absolute atomic E-state index is 12.9. The van der Waals surface area contributed by atoms with Gasteiger partial charge in [-0.1, -0.05) is 36.8 Å². The standard InChI is InChI=1S/C17H21NO3S/c1-22-14(12-6-3-2-4-7-12)15(19)18-10-13-8-5-9-17(13,11-18)16(20)21/h2-4,6-7,13-14H,5,8-11H2,1H3,(H,20,21)/t13-,14?,17+/m0/s1. The third-order valence-electron chi connectivity index (χ3n) is 5.17. The molecule has 22 heavy (non-hydrogen) atoms. The number of likely N-dealkylation sites (tertiary alicyclic amines) is 1. The predicted octanol–water partition coefficient (Wildman–Crippen LogP) is 2.80. The molecular formula is C17H21NO3S. The highest BCUT2D eigenvalue weighted by atomic mass is 32.2. The van der Waals surface area contributed by atoms with Crippen LogP contribution in [-0.4, -0.2) is 41.2 Å². The average molecular weight is 319 g/mol. The topological polar surface area (TPSA) is 57.6 Å². The molecule has 3 atom stereocenters. The first kappa shape index (κ1) is 15.4. The number of benzene rings is 1. The van der Waals surface area contributed by atoms with E-state index < -0.39 is 11.4 Å². The normalized spacial score (nSPS) is 28.4. The molecule has 1 aliphatic heterocycles. The van der Waals surface area contributed by atoms with E-state index in [4.69, 9.17) is 0 Å². The van der Waals surface area contributed by atoms with E-state index in [0.29, 0.717) is 19.5 Å². The fourth-order valence-corrected chi connectivity index (χ4v) is 4.76. The molecule has 118 valence electrons. The summed E-state index contributed by atoms with van der Waals surface area (Å²) in [4.78, 5) is 26.4. The van der Waals surface area contributed by atoms with Crippen LogP contribution in [0.3, 0.4) is 0 Å². The summed E-state index contributed by atoms with van der Waals surface area (Å²) in [5.41, 5.74) is 0.288. The summed E-state index contributed by atoms with van der Waals surface area (Å²) in [5, 5.41) is 9.40. The molecule has 5 heteroatoms. The zero-order chi connectivity index (χ0) is 15.7. The predicted molar refractivity (Wildman–Crippen MR) is 86.7 cm³/mol. The minimum absolute atomic E-state index is 0.0497. The molecule has 0 radical (unpaired) electrons. The number of aliphatic carboxylic acids is 1. The lowest BCUT2D eigenvalue weighted by Gasteiger charge is -2.25. The second-order valence-electron chi connectivity index (χ2n) is 6.30. The summed E-state index contributed by atoms with van der Waals surface area (Å²) >= 11 is 1.51. The molecule has 1 amide bonds. The van der Waals surface area contributed by atoms with Crippen molar-refractivity contribution >= 4 is 23.6 Å². The van der Waals surface area contributed by atoms with Gasteiger partial charge >= 0.3 is 5.97 Å². The van der Waals surface area contributed by atoms with Gasteiger partial charge < -0.3 is 10.0 Å². The third-order valence-corrected chi connectivity index (χ3v) is 6.12. The molecule has 1 heterocycles. The van der Waals surface area contributed by atoms with Crippen molar-refractivity contribution in [3.8, 4) is 0 Å². The Morgan fingerprint density at radius 1 is 1.36 bits per heavy atom. The molecule has 2 fully saturated rings. The van der Waals surface area contributed by atoms with Crippen LogP contribution < -0.4 is 0 Å². The molecule has 1 N–H and O–H groups in total. The van der Waals surface area contributed by atoms with Gasteiger partial charge in [-0.15, -0.1) is 11.8 Å².